The Morgan fingerprint density at radius 3 is 3.00 bits per heavy atom. The molecule has 1 heteroatoms. The van der Waals surface area contributed by atoms with Gasteiger partial charge >= 0.3 is 0 Å². The first-order valence-electron chi connectivity index (χ1n) is 6.08. The molecular formula is C14H22O. The van der Waals surface area contributed by atoms with Crippen LogP contribution in [0.4, 0.5) is 0 Å². The molecule has 0 bridgehead atoms. The van der Waals surface area contributed by atoms with Crippen LogP contribution in [0.1, 0.15) is 39.5 Å². The molecule has 0 aliphatic heterocycles. The van der Waals surface area contributed by atoms with E-state index in [1.165, 1.54) is 19.3 Å². The van der Waals surface area contributed by atoms with Crippen LogP contribution in [0.2, 0.25) is 0 Å². The first-order chi connectivity index (χ1) is 7.12. The van der Waals surface area contributed by atoms with Crippen LogP contribution < -0.4 is 0 Å². The van der Waals surface area contributed by atoms with Crippen molar-refractivity contribution in [2.75, 3.05) is 0 Å². The molecule has 84 valence electrons. The Kier molecular flexibility index (Phi) is 2.90. The predicted octanol–water partition coefficient (Wildman–Crippen LogP) is 3.92. The highest BCUT2D eigenvalue weighted by Gasteiger charge is 2.39. The van der Waals surface area contributed by atoms with Crippen molar-refractivity contribution in [2.24, 2.45) is 17.8 Å². The van der Waals surface area contributed by atoms with Crippen LogP contribution in [-0.2, 0) is 4.74 Å². The van der Waals surface area contributed by atoms with Gasteiger partial charge in [-0.1, -0.05) is 18.7 Å². The van der Waals surface area contributed by atoms with E-state index in [0.717, 1.165) is 24.2 Å². The highest BCUT2D eigenvalue weighted by molar-refractivity contribution is 5.07. The number of hydrogen-bond acceptors (Lipinski definition) is 1. The molecule has 1 saturated carbocycles. The van der Waals surface area contributed by atoms with Gasteiger partial charge in [0.1, 0.15) is 5.60 Å². The van der Waals surface area contributed by atoms with E-state index >= 15 is 0 Å². The fourth-order valence-corrected chi connectivity index (χ4v) is 3.34. The zero-order valence-electron chi connectivity index (χ0n) is 9.91. The van der Waals surface area contributed by atoms with Gasteiger partial charge in [-0.15, -0.1) is 0 Å². The smallest absolute Gasteiger partial charge is 0.103 e. The van der Waals surface area contributed by atoms with Gasteiger partial charge in [0.25, 0.3) is 0 Å². The SMILES string of the molecule is C=COC(C)(C)CC1CCC2CC=CC21. The Labute approximate surface area is 93.2 Å². The molecule has 15 heavy (non-hydrogen) atoms. The minimum absolute atomic E-state index is 0.0439. The monoisotopic (exact) mass is 206 g/mol. The maximum Gasteiger partial charge on any atom is 0.103 e. The van der Waals surface area contributed by atoms with Gasteiger partial charge in [0, 0.05) is 0 Å². The van der Waals surface area contributed by atoms with Gasteiger partial charge in [-0.25, -0.2) is 0 Å². The molecule has 2 aliphatic carbocycles. The molecule has 1 nitrogen and oxygen atoms in total. The molecule has 0 heterocycles. The third-order valence-corrected chi connectivity index (χ3v) is 3.95. The Bertz CT molecular complexity index is 265. The lowest BCUT2D eigenvalue weighted by atomic mass is 9.84. The van der Waals surface area contributed by atoms with E-state index in [9.17, 15) is 0 Å². The fourth-order valence-electron chi connectivity index (χ4n) is 3.34. The van der Waals surface area contributed by atoms with Crippen LogP contribution in [0.15, 0.2) is 25.0 Å². The van der Waals surface area contributed by atoms with E-state index in [1.807, 2.05) is 0 Å². The summed E-state index contributed by atoms with van der Waals surface area (Å²) in [6.45, 7) is 7.99. The molecule has 0 aromatic heterocycles. The van der Waals surface area contributed by atoms with Gasteiger partial charge in [-0.2, -0.15) is 0 Å². The maximum atomic E-state index is 5.58. The van der Waals surface area contributed by atoms with E-state index in [-0.39, 0.29) is 5.60 Å². The van der Waals surface area contributed by atoms with Gasteiger partial charge < -0.3 is 4.74 Å². The lowest BCUT2D eigenvalue weighted by Crippen LogP contribution is -2.27. The largest absolute Gasteiger partial charge is 0.496 e. The van der Waals surface area contributed by atoms with E-state index in [1.54, 1.807) is 6.26 Å². The van der Waals surface area contributed by atoms with Gasteiger partial charge in [-0.05, 0) is 57.3 Å². The Hall–Kier alpha value is -0.720. The third kappa shape index (κ3) is 2.27. The summed E-state index contributed by atoms with van der Waals surface area (Å²) in [5.41, 5.74) is -0.0439. The van der Waals surface area contributed by atoms with E-state index in [2.05, 4.69) is 32.6 Å². The molecule has 0 saturated heterocycles. The second-order valence-corrected chi connectivity index (χ2v) is 5.59. The number of ether oxygens (including phenoxy) is 1. The summed E-state index contributed by atoms with van der Waals surface area (Å²) in [7, 11) is 0. The molecule has 0 aromatic carbocycles. The second-order valence-electron chi connectivity index (χ2n) is 5.59. The van der Waals surface area contributed by atoms with Crippen molar-refractivity contribution in [1.82, 2.24) is 0 Å². The summed E-state index contributed by atoms with van der Waals surface area (Å²) in [6.07, 6.45) is 11.6. The van der Waals surface area contributed by atoms with Gasteiger partial charge in [0.05, 0.1) is 6.26 Å². The van der Waals surface area contributed by atoms with Crippen LogP contribution in [0.5, 0.6) is 0 Å². The van der Waals surface area contributed by atoms with Gasteiger partial charge in [-0.3, -0.25) is 0 Å². The molecule has 2 aliphatic rings. The predicted molar refractivity (Wildman–Crippen MR) is 63.4 cm³/mol. The summed E-state index contributed by atoms with van der Waals surface area (Å²) in [5, 5.41) is 0. The number of allylic oxidation sites excluding steroid dienone is 2. The molecule has 1 fully saturated rings. The van der Waals surface area contributed by atoms with Crippen molar-refractivity contribution >= 4 is 0 Å². The Morgan fingerprint density at radius 1 is 1.47 bits per heavy atom. The first kappa shape index (κ1) is 10.8. The minimum atomic E-state index is -0.0439. The van der Waals surface area contributed by atoms with Crippen molar-refractivity contribution in [2.45, 2.75) is 45.1 Å². The average Bonchev–Trinajstić information content (AvgIpc) is 2.69. The highest BCUT2D eigenvalue weighted by Crippen LogP contribution is 2.47. The zero-order valence-corrected chi connectivity index (χ0v) is 9.91. The maximum absolute atomic E-state index is 5.58. The topological polar surface area (TPSA) is 9.23 Å². The van der Waals surface area contributed by atoms with Crippen LogP contribution in [0.3, 0.4) is 0 Å². The number of hydrogen-bond donors (Lipinski definition) is 0. The minimum Gasteiger partial charge on any atom is -0.496 e. The molecule has 0 amide bonds. The van der Waals surface area contributed by atoms with Crippen molar-refractivity contribution < 1.29 is 4.74 Å². The lowest BCUT2D eigenvalue weighted by molar-refractivity contribution is 0.0302. The zero-order chi connectivity index (χ0) is 10.9. The van der Waals surface area contributed by atoms with E-state index in [4.69, 9.17) is 4.74 Å². The van der Waals surface area contributed by atoms with Crippen LogP contribution in [0, 0.1) is 17.8 Å². The second kappa shape index (κ2) is 4.03. The summed E-state index contributed by atoms with van der Waals surface area (Å²) in [5.74, 6) is 2.59. The van der Waals surface area contributed by atoms with Crippen molar-refractivity contribution in [3.05, 3.63) is 25.0 Å². The highest BCUT2D eigenvalue weighted by atomic mass is 16.5. The Balaban J connectivity index is 1.94. The van der Waals surface area contributed by atoms with Gasteiger partial charge in [0.2, 0.25) is 0 Å². The molecular weight excluding hydrogens is 184 g/mol. The number of fused-ring (bicyclic) bond motifs is 1. The van der Waals surface area contributed by atoms with Crippen LogP contribution in [0.25, 0.3) is 0 Å². The fraction of sp³-hybridized carbons (Fsp3) is 0.714. The number of rotatable bonds is 4. The molecule has 2 rings (SSSR count). The van der Waals surface area contributed by atoms with Crippen molar-refractivity contribution in [3.63, 3.8) is 0 Å². The third-order valence-electron chi connectivity index (χ3n) is 3.95. The summed E-state index contributed by atoms with van der Waals surface area (Å²) in [6, 6.07) is 0. The molecule has 0 N–H and O–H groups in total. The van der Waals surface area contributed by atoms with Gasteiger partial charge in [0.15, 0.2) is 0 Å². The molecule has 0 spiro atoms. The lowest BCUT2D eigenvalue weighted by Gasteiger charge is -2.29. The summed E-state index contributed by atoms with van der Waals surface area (Å²) >= 11 is 0. The first-order valence-corrected chi connectivity index (χ1v) is 6.08. The summed E-state index contributed by atoms with van der Waals surface area (Å²) in [4.78, 5) is 0. The standard InChI is InChI=1S/C14H22O/c1-4-15-14(2,3)10-12-9-8-11-6-5-7-13(11)12/h4-5,7,11-13H,1,6,8-10H2,2-3H3. The molecule has 3 atom stereocenters. The normalized spacial score (nSPS) is 34.1. The quantitative estimate of drug-likeness (QED) is 0.500. The molecule has 0 aromatic rings. The van der Waals surface area contributed by atoms with Crippen molar-refractivity contribution in [3.8, 4) is 0 Å². The van der Waals surface area contributed by atoms with Crippen LogP contribution >= 0.6 is 0 Å². The Morgan fingerprint density at radius 2 is 2.27 bits per heavy atom. The average molecular weight is 206 g/mol. The van der Waals surface area contributed by atoms with E-state index < -0.39 is 0 Å². The van der Waals surface area contributed by atoms with Crippen LogP contribution in [-0.4, -0.2) is 5.60 Å². The molecule has 0 radical (unpaired) electrons. The van der Waals surface area contributed by atoms with Crippen molar-refractivity contribution in [1.29, 1.82) is 0 Å². The van der Waals surface area contributed by atoms with E-state index in [0.29, 0.717) is 0 Å². The summed E-state index contributed by atoms with van der Waals surface area (Å²) < 4.78 is 5.58. The molecule has 3 unspecified atom stereocenters.